The second-order valence-corrected chi connectivity index (χ2v) is 6.69. The number of carboxylic acid groups (broad SMARTS) is 1. The smallest absolute Gasteiger partial charge is 0.356 e. The number of carbonyl (C=O) groups is 1. The molecule has 1 aliphatic carbocycles. The maximum Gasteiger partial charge on any atom is 0.356 e. The number of carboxylic acids is 1. The predicted molar refractivity (Wildman–Crippen MR) is 66.2 cm³/mol. The first-order chi connectivity index (χ1) is 8.50. The van der Waals surface area contributed by atoms with Gasteiger partial charge in [0.2, 0.25) is 0 Å². The lowest BCUT2D eigenvalue weighted by Crippen LogP contribution is -2.26. The topological polar surface area (TPSA) is 96.4 Å². The summed E-state index contributed by atoms with van der Waals surface area (Å²) in [6.07, 6.45) is 4.90. The molecule has 0 spiro atoms. The van der Waals surface area contributed by atoms with E-state index in [9.17, 15) is 13.2 Å². The third-order valence-electron chi connectivity index (χ3n) is 2.61. The fraction of sp³-hybridized carbons (Fsp3) is 0.400. The number of thiazole rings is 1. The van der Waals surface area contributed by atoms with Crippen LogP contribution in [0.2, 0.25) is 0 Å². The average Bonchev–Trinajstić information content (AvgIpc) is 2.98. The number of rotatable bonds is 5. The Balaban J connectivity index is 2.15. The van der Waals surface area contributed by atoms with Crippen LogP contribution in [0.1, 0.15) is 29.8 Å². The summed E-state index contributed by atoms with van der Waals surface area (Å²) in [5, 5.41) is 8.84. The van der Waals surface area contributed by atoms with Gasteiger partial charge in [-0.15, -0.1) is 11.3 Å². The Kier molecular flexibility index (Phi) is 3.79. The van der Waals surface area contributed by atoms with E-state index in [1.165, 1.54) is 5.51 Å². The Hall–Kier alpha value is -1.25. The molecule has 0 unspecified atom stereocenters. The largest absolute Gasteiger partial charge is 0.476 e. The summed E-state index contributed by atoms with van der Waals surface area (Å²) in [7, 11) is -3.80. The van der Waals surface area contributed by atoms with E-state index in [-0.39, 0.29) is 10.8 Å². The van der Waals surface area contributed by atoms with E-state index < -0.39 is 21.7 Å². The van der Waals surface area contributed by atoms with Crippen LogP contribution in [0.25, 0.3) is 0 Å². The summed E-state index contributed by atoms with van der Waals surface area (Å²) < 4.78 is 26.1. The first kappa shape index (κ1) is 13.2. The zero-order chi connectivity index (χ0) is 13.2. The van der Waals surface area contributed by atoms with E-state index >= 15 is 0 Å². The number of aromatic carboxylic acids is 1. The number of allylic oxidation sites excluding steroid dienone is 1. The van der Waals surface area contributed by atoms with Crippen molar-refractivity contribution in [3.8, 4) is 0 Å². The molecule has 0 amide bonds. The first-order valence-electron chi connectivity index (χ1n) is 5.35. The molecule has 0 aliphatic heterocycles. The minimum absolute atomic E-state index is 0.235. The van der Waals surface area contributed by atoms with Gasteiger partial charge in [-0.1, -0.05) is 11.6 Å². The molecule has 0 radical (unpaired) electrons. The van der Waals surface area contributed by atoms with Crippen molar-refractivity contribution in [3.63, 3.8) is 0 Å². The zero-order valence-corrected chi connectivity index (χ0v) is 11.1. The average molecular weight is 288 g/mol. The molecular formula is C10H12N2O4S2. The number of hydrogen-bond donors (Lipinski definition) is 2. The van der Waals surface area contributed by atoms with E-state index in [0.717, 1.165) is 36.2 Å². The van der Waals surface area contributed by atoms with Crippen molar-refractivity contribution in [2.45, 2.75) is 23.5 Å². The molecule has 1 aliphatic rings. The van der Waals surface area contributed by atoms with Gasteiger partial charge in [-0.2, -0.15) is 0 Å². The molecule has 2 rings (SSSR count). The van der Waals surface area contributed by atoms with Crippen molar-refractivity contribution in [2.75, 3.05) is 6.54 Å². The third kappa shape index (κ3) is 2.77. The van der Waals surface area contributed by atoms with E-state index in [2.05, 4.69) is 9.71 Å². The van der Waals surface area contributed by atoms with E-state index in [1.54, 1.807) is 0 Å². The van der Waals surface area contributed by atoms with Gasteiger partial charge in [-0.25, -0.2) is 22.9 Å². The fourth-order valence-corrected chi connectivity index (χ4v) is 3.94. The quantitative estimate of drug-likeness (QED) is 0.794. The Bertz CT molecular complexity index is 589. The van der Waals surface area contributed by atoms with Crippen LogP contribution in [0.5, 0.6) is 0 Å². The minimum Gasteiger partial charge on any atom is -0.476 e. The van der Waals surface area contributed by atoms with Gasteiger partial charge in [0.15, 0.2) is 9.90 Å². The highest BCUT2D eigenvalue weighted by atomic mass is 32.2. The summed E-state index contributed by atoms with van der Waals surface area (Å²) in [6.45, 7) is 0.235. The maximum atomic E-state index is 11.9. The maximum absolute atomic E-state index is 11.9. The highest BCUT2D eigenvalue weighted by Crippen LogP contribution is 2.21. The van der Waals surface area contributed by atoms with Gasteiger partial charge in [0.25, 0.3) is 10.0 Å². The summed E-state index contributed by atoms with van der Waals surface area (Å²) >= 11 is 0.805. The molecule has 1 aromatic heterocycles. The molecule has 0 saturated heterocycles. The van der Waals surface area contributed by atoms with Crippen molar-refractivity contribution < 1.29 is 18.3 Å². The highest BCUT2D eigenvalue weighted by molar-refractivity contribution is 7.91. The van der Waals surface area contributed by atoms with Gasteiger partial charge in [0.05, 0.1) is 5.51 Å². The van der Waals surface area contributed by atoms with Gasteiger partial charge in [0.1, 0.15) is 0 Å². The molecule has 6 nitrogen and oxygen atoms in total. The summed E-state index contributed by atoms with van der Waals surface area (Å²) in [5.41, 5.74) is 1.83. The second kappa shape index (κ2) is 5.17. The van der Waals surface area contributed by atoms with Crippen molar-refractivity contribution >= 4 is 27.3 Å². The summed E-state index contributed by atoms with van der Waals surface area (Å²) in [5.74, 6) is -1.34. The van der Waals surface area contributed by atoms with E-state index in [4.69, 9.17) is 5.11 Å². The number of nitrogens with zero attached hydrogens (tertiary/aromatic N) is 1. The van der Waals surface area contributed by atoms with Gasteiger partial charge in [0, 0.05) is 6.54 Å². The van der Waals surface area contributed by atoms with Crippen LogP contribution in [-0.4, -0.2) is 31.0 Å². The van der Waals surface area contributed by atoms with E-state index in [1.807, 2.05) is 6.08 Å². The van der Waals surface area contributed by atoms with Crippen molar-refractivity contribution in [1.29, 1.82) is 0 Å². The Morgan fingerprint density at radius 2 is 2.33 bits per heavy atom. The van der Waals surface area contributed by atoms with E-state index in [0.29, 0.717) is 0 Å². The summed E-state index contributed by atoms with van der Waals surface area (Å²) in [6, 6.07) is 0. The lowest BCUT2D eigenvalue weighted by atomic mass is 10.2. The van der Waals surface area contributed by atoms with Gasteiger partial charge >= 0.3 is 5.97 Å². The van der Waals surface area contributed by atoms with Crippen molar-refractivity contribution in [1.82, 2.24) is 9.71 Å². The number of nitrogens with one attached hydrogen (secondary N) is 1. The minimum atomic E-state index is -3.80. The zero-order valence-electron chi connectivity index (χ0n) is 9.42. The Labute approximate surface area is 108 Å². The molecule has 1 heterocycles. The predicted octanol–water partition coefficient (Wildman–Crippen LogP) is 1.23. The molecule has 1 aromatic rings. The number of aromatic nitrogens is 1. The van der Waals surface area contributed by atoms with Crippen LogP contribution in [0.4, 0.5) is 0 Å². The fourth-order valence-electron chi connectivity index (χ4n) is 1.72. The normalized spacial score (nSPS) is 15.7. The molecule has 18 heavy (non-hydrogen) atoms. The molecule has 98 valence electrons. The van der Waals surface area contributed by atoms with Crippen LogP contribution in [0, 0.1) is 0 Å². The molecular weight excluding hydrogens is 276 g/mol. The van der Waals surface area contributed by atoms with Crippen molar-refractivity contribution in [3.05, 3.63) is 22.9 Å². The highest BCUT2D eigenvalue weighted by Gasteiger charge is 2.25. The molecule has 0 saturated carbocycles. The molecule has 0 bridgehead atoms. The van der Waals surface area contributed by atoms with Crippen molar-refractivity contribution in [2.24, 2.45) is 0 Å². The van der Waals surface area contributed by atoms with Crippen LogP contribution in [0.15, 0.2) is 21.4 Å². The number of sulfonamides is 1. The molecule has 8 heteroatoms. The monoisotopic (exact) mass is 288 g/mol. The van der Waals surface area contributed by atoms with Gasteiger partial charge in [-0.3, -0.25) is 0 Å². The second-order valence-electron chi connectivity index (χ2n) is 3.87. The lowest BCUT2D eigenvalue weighted by molar-refractivity contribution is 0.0687. The van der Waals surface area contributed by atoms with Crippen LogP contribution in [0.3, 0.4) is 0 Å². The molecule has 0 fully saturated rings. The standard InChI is InChI=1S/C10H12N2O4S2/c13-9(14)8-10(17-6-11-8)18(15,16)12-5-7-3-1-2-4-7/h3,6,12H,1-2,4-5H2,(H,13,14). The Morgan fingerprint density at radius 3 is 2.94 bits per heavy atom. The van der Waals surface area contributed by atoms with Gasteiger partial charge in [-0.05, 0) is 19.3 Å². The molecule has 2 N–H and O–H groups in total. The third-order valence-corrected chi connectivity index (χ3v) is 5.38. The molecule has 0 aromatic carbocycles. The lowest BCUT2D eigenvalue weighted by Gasteiger charge is -2.05. The Morgan fingerprint density at radius 1 is 1.56 bits per heavy atom. The molecule has 0 atom stereocenters. The van der Waals surface area contributed by atoms with Crippen LogP contribution < -0.4 is 4.72 Å². The number of hydrogen-bond acceptors (Lipinski definition) is 5. The SMILES string of the molecule is O=C(O)c1ncsc1S(=O)(=O)NCC1=CCCC1. The van der Waals surface area contributed by atoms with Crippen LogP contribution >= 0.6 is 11.3 Å². The van der Waals surface area contributed by atoms with Crippen LogP contribution in [-0.2, 0) is 10.0 Å². The van der Waals surface area contributed by atoms with Gasteiger partial charge < -0.3 is 5.11 Å². The first-order valence-corrected chi connectivity index (χ1v) is 7.71. The summed E-state index contributed by atoms with van der Waals surface area (Å²) in [4.78, 5) is 14.4.